The van der Waals surface area contributed by atoms with Gasteiger partial charge in [0.05, 0.1) is 11.5 Å². The van der Waals surface area contributed by atoms with Crippen LogP contribution in [0.15, 0.2) is 23.2 Å². The number of hydrogen-bond donors (Lipinski definition) is 1. The molecule has 9 heteroatoms. The Balaban J connectivity index is 1.65. The molecule has 24 heavy (non-hydrogen) atoms. The molecule has 2 aliphatic heterocycles. The smallest absolute Gasteiger partial charge is 0.292 e. The number of hydrogen-bond acceptors (Lipinski definition) is 7. The number of rotatable bonds is 2. The standard InChI is InChI=1S/C15H19N5O3S/c1-10-9-17-15(24-10)19-6-4-18(5-7-19)14(21)11-2-3-12(16)13(8-11)20(22)23/h2-3,8,10H,4-7,9,16H2,1H3/t10-/m1/s1. The summed E-state index contributed by atoms with van der Waals surface area (Å²) in [6, 6.07) is 4.20. The van der Waals surface area contributed by atoms with Crippen molar-refractivity contribution in [2.75, 3.05) is 38.5 Å². The van der Waals surface area contributed by atoms with Crippen molar-refractivity contribution in [3.8, 4) is 0 Å². The van der Waals surface area contributed by atoms with Crippen LogP contribution in [0.4, 0.5) is 11.4 Å². The Bertz CT molecular complexity index is 700. The van der Waals surface area contributed by atoms with Gasteiger partial charge in [-0.25, -0.2) is 0 Å². The summed E-state index contributed by atoms with van der Waals surface area (Å²) in [5.41, 5.74) is 5.71. The number of nitrogen functional groups attached to an aromatic ring is 1. The largest absolute Gasteiger partial charge is 0.393 e. The number of nitrogens with two attached hydrogens (primary N) is 1. The SMILES string of the molecule is C[C@@H]1CN=C(N2CCN(C(=O)c3ccc(N)c([N+](=O)[O-])c3)CC2)S1. The van der Waals surface area contributed by atoms with Crippen molar-refractivity contribution < 1.29 is 9.72 Å². The lowest BCUT2D eigenvalue weighted by Crippen LogP contribution is -2.49. The highest BCUT2D eigenvalue weighted by Gasteiger charge is 2.27. The molecule has 1 fully saturated rings. The van der Waals surface area contributed by atoms with Crippen molar-refractivity contribution in [2.24, 2.45) is 4.99 Å². The Labute approximate surface area is 143 Å². The Hall–Kier alpha value is -2.29. The van der Waals surface area contributed by atoms with Crippen LogP contribution in [-0.4, -0.2) is 63.8 Å². The van der Waals surface area contributed by atoms with Gasteiger partial charge in [-0.05, 0) is 12.1 Å². The van der Waals surface area contributed by atoms with Crippen LogP contribution in [0.2, 0.25) is 0 Å². The summed E-state index contributed by atoms with van der Waals surface area (Å²) in [4.78, 5) is 31.4. The fourth-order valence-corrected chi connectivity index (χ4v) is 3.74. The average Bonchev–Trinajstić information content (AvgIpc) is 3.01. The van der Waals surface area contributed by atoms with E-state index in [1.807, 2.05) is 0 Å². The molecule has 2 heterocycles. The molecule has 0 aromatic heterocycles. The molecule has 128 valence electrons. The third-order valence-electron chi connectivity index (χ3n) is 4.10. The second-order valence-corrected chi connectivity index (χ2v) is 7.27. The number of piperazine rings is 1. The second-order valence-electron chi connectivity index (χ2n) is 5.86. The highest BCUT2D eigenvalue weighted by atomic mass is 32.2. The van der Waals surface area contributed by atoms with Gasteiger partial charge in [0.15, 0.2) is 5.17 Å². The first-order chi connectivity index (χ1) is 11.5. The van der Waals surface area contributed by atoms with Gasteiger partial charge in [0.25, 0.3) is 11.6 Å². The molecule has 0 bridgehead atoms. The molecule has 8 nitrogen and oxygen atoms in total. The molecule has 0 spiro atoms. The van der Waals surface area contributed by atoms with E-state index >= 15 is 0 Å². The fourth-order valence-electron chi connectivity index (χ4n) is 2.75. The number of aliphatic imine (C=N–C) groups is 1. The van der Waals surface area contributed by atoms with Crippen LogP contribution in [0.5, 0.6) is 0 Å². The van der Waals surface area contributed by atoms with Gasteiger partial charge in [-0.3, -0.25) is 19.9 Å². The monoisotopic (exact) mass is 349 g/mol. The predicted octanol–water partition coefficient (Wildman–Crippen LogP) is 1.43. The predicted molar refractivity (Wildman–Crippen MR) is 94.3 cm³/mol. The minimum atomic E-state index is -0.569. The van der Waals surface area contributed by atoms with Gasteiger partial charge in [0.1, 0.15) is 5.69 Å². The van der Waals surface area contributed by atoms with Gasteiger partial charge in [-0.15, -0.1) is 0 Å². The summed E-state index contributed by atoms with van der Waals surface area (Å²) < 4.78 is 0. The highest BCUT2D eigenvalue weighted by molar-refractivity contribution is 8.14. The number of nitrogens with zero attached hydrogens (tertiary/aromatic N) is 4. The van der Waals surface area contributed by atoms with E-state index < -0.39 is 4.92 Å². The molecule has 1 aromatic carbocycles. The van der Waals surface area contributed by atoms with E-state index in [9.17, 15) is 14.9 Å². The van der Waals surface area contributed by atoms with E-state index in [1.54, 1.807) is 16.7 Å². The zero-order chi connectivity index (χ0) is 17.3. The number of carbonyl (C=O) groups excluding carboxylic acids is 1. The molecule has 2 N–H and O–H groups in total. The molecule has 1 amide bonds. The summed E-state index contributed by atoms with van der Waals surface area (Å²) in [5.74, 6) is -0.202. The van der Waals surface area contributed by atoms with Crippen LogP contribution in [0.1, 0.15) is 17.3 Å². The third-order valence-corrected chi connectivity index (χ3v) is 5.25. The van der Waals surface area contributed by atoms with Gasteiger partial charge >= 0.3 is 0 Å². The third kappa shape index (κ3) is 3.30. The number of amidine groups is 1. The van der Waals surface area contributed by atoms with Gasteiger partial charge in [-0.2, -0.15) is 0 Å². The first kappa shape index (κ1) is 16.6. The lowest BCUT2D eigenvalue weighted by molar-refractivity contribution is -0.383. The summed E-state index contributed by atoms with van der Waals surface area (Å²) in [6.07, 6.45) is 0. The van der Waals surface area contributed by atoms with Crippen molar-refractivity contribution in [3.05, 3.63) is 33.9 Å². The first-order valence-electron chi connectivity index (χ1n) is 7.75. The zero-order valence-corrected chi connectivity index (χ0v) is 14.2. The number of nitro groups is 1. The number of amides is 1. The normalized spacial score (nSPS) is 20.9. The Morgan fingerprint density at radius 3 is 2.67 bits per heavy atom. The molecule has 0 aliphatic carbocycles. The van der Waals surface area contributed by atoms with Crippen molar-refractivity contribution >= 4 is 34.2 Å². The Morgan fingerprint density at radius 2 is 2.08 bits per heavy atom. The Morgan fingerprint density at radius 1 is 1.38 bits per heavy atom. The maximum Gasteiger partial charge on any atom is 0.292 e. The first-order valence-corrected chi connectivity index (χ1v) is 8.63. The van der Waals surface area contributed by atoms with E-state index in [0.717, 1.165) is 24.8 Å². The van der Waals surface area contributed by atoms with E-state index in [0.29, 0.717) is 23.9 Å². The molecule has 0 saturated carbocycles. The summed E-state index contributed by atoms with van der Waals surface area (Å²) >= 11 is 1.77. The van der Waals surface area contributed by atoms with Crippen LogP contribution in [-0.2, 0) is 0 Å². The highest BCUT2D eigenvalue weighted by Crippen LogP contribution is 2.25. The van der Waals surface area contributed by atoms with Crippen molar-refractivity contribution in [1.29, 1.82) is 0 Å². The minimum Gasteiger partial charge on any atom is -0.393 e. The molecule has 2 aliphatic rings. The summed E-state index contributed by atoms with van der Waals surface area (Å²) in [7, 11) is 0. The fraction of sp³-hybridized carbons (Fsp3) is 0.467. The zero-order valence-electron chi connectivity index (χ0n) is 13.3. The Kier molecular flexibility index (Phi) is 4.61. The van der Waals surface area contributed by atoms with Crippen LogP contribution in [0.3, 0.4) is 0 Å². The molecular formula is C15H19N5O3S. The van der Waals surface area contributed by atoms with E-state index in [4.69, 9.17) is 5.73 Å². The van der Waals surface area contributed by atoms with Crippen LogP contribution in [0, 0.1) is 10.1 Å². The van der Waals surface area contributed by atoms with Crippen molar-refractivity contribution in [1.82, 2.24) is 9.80 Å². The quantitative estimate of drug-likeness (QED) is 0.492. The molecular weight excluding hydrogens is 330 g/mol. The van der Waals surface area contributed by atoms with E-state index in [2.05, 4.69) is 16.8 Å². The summed E-state index contributed by atoms with van der Waals surface area (Å²) in [5, 5.41) is 12.5. The lowest BCUT2D eigenvalue weighted by Gasteiger charge is -2.35. The van der Waals surface area contributed by atoms with Crippen LogP contribution in [0.25, 0.3) is 0 Å². The van der Waals surface area contributed by atoms with Gasteiger partial charge in [-0.1, -0.05) is 18.7 Å². The maximum absolute atomic E-state index is 12.6. The number of thioether (sulfide) groups is 1. The summed E-state index contributed by atoms with van der Waals surface area (Å²) in [6.45, 7) is 5.59. The molecule has 1 atom stereocenters. The molecule has 1 aromatic rings. The van der Waals surface area contributed by atoms with Crippen LogP contribution < -0.4 is 5.73 Å². The average molecular weight is 349 g/mol. The lowest BCUT2D eigenvalue weighted by atomic mass is 10.1. The van der Waals surface area contributed by atoms with E-state index in [1.165, 1.54) is 18.2 Å². The van der Waals surface area contributed by atoms with Crippen molar-refractivity contribution in [2.45, 2.75) is 12.2 Å². The van der Waals surface area contributed by atoms with Crippen LogP contribution >= 0.6 is 11.8 Å². The minimum absolute atomic E-state index is 0.0618. The molecule has 1 saturated heterocycles. The second kappa shape index (κ2) is 6.68. The van der Waals surface area contributed by atoms with Gasteiger partial charge in [0, 0.05) is 43.1 Å². The number of anilines is 1. The van der Waals surface area contributed by atoms with Crippen molar-refractivity contribution in [3.63, 3.8) is 0 Å². The molecule has 0 radical (unpaired) electrons. The van der Waals surface area contributed by atoms with E-state index in [-0.39, 0.29) is 17.3 Å². The number of nitro benzene ring substituents is 1. The maximum atomic E-state index is 12.6. The molecule has 0 unspecified atom stereocenters. The number of benzene rings is 1. The molecule has 3 rings (SSSR count). The topological polar surface area (TPSA) is 105 Å². The van der Waals surface area contributed by atoms with Gasteiger partial charge < -0.3 is 15.5 Å². The van der Waals surface area contributed by atoms with Gasteiger partial charge in [0.2, 0.25) is 0 Å². The number of carbonyl (C=O) groups is 1.